The van der Waals surface area contributed by atoms with Gasteiger partial charge in [-0.05, 0) is 38.9 Å². The van der Waals surface area contributed by atoms with E-state index in [1.807, 2.05) is 0 Å². The molecule has 66 valence electrons. The molecule has 1 fully saturated rings. The van der Waals surface area contributed by atoms with Crippen LogP contribution in [0.3, 0.4) is 0 Å². The van der Waals surface area contributed by atoms with E-state index in [-0.39, 0.29) is 0 Å². The molecule has 0 saturated carbocycles. The Bertz CT molecular complexity index is 96.3. The number of hydrogen-bond donors (Lipinski definition) is 1. The molecule has 0 aromatic rings. The molecule has 3 heteroatoms. The molecular weight excluding hydrogens is 156 g/mol. The van der Waals surface area contributed by atoms with E-state index in [1.54, 1.807) is 11.9 Å². The summed E-state index contributed by atoms with van der Waals surface area (Å²) in [4.78, 5) is 2.51. The van der Waals surface area contributed by atoms with Crippen LogP contribution in [-0.4, -0.2) is 29.8 Å². The Balaban J connectivity index is 2.27. The van der Waals surface area contributed by atoms with Crippen LogP contribution in [0.25, 0.3) is 0 Å². The monoisotopic (exact) mass is 174 g/mol. The first-order valence-corrected chi connectivity index (χ1v) is 5.39. The van der Waals surface area contributed by atoms with Gasteiger partial charge in [0.05, 0.1) is 0 Å². The molecule has 0 aromatic carbocycles. The highest BCUT2D eigenvalue weighted by Crippen LogP contribution is 2.18. The van der Waals surface area contributed by atoms with Crippen molar-refractivity contribution in [3.63, 3.8) is 0 Å². The summed E-state index contributed by atoms with van der Waals surface area (Å²) in [5.41, 5.74) is 0. The third kappa shape index (κ3) is 3.01. The number of hydrogen-bond acceptors (Lipinski definition) is 3. The van der Waals surface area contributed by atoms with Gasteiger partial charge in [0.15, 0.2) is 0 Å². The second kappa shape index (κ2) is 5.01. The van der Waals surface area contributed by atoms with Crippen LogP contribution in [0.5, 0.6) is 0 Å². The third-order valence-electron chi connectivity index (χ3n) is 2.41. The predicted octanol–water partition coefficient (Wildman–Crippen LogP) is 1.47. The van der Waals surface area contributed by atoms with Crippen LogP contribution in [0.4, 0.5) is 0 Å². The van der Waals surface area contributed by atoms with Gasteiger partial charge >= 0.3 is 0 Å². The normalized spacial score (nSPS) is 28.4. The van der Waals surface area contributed by atoms with Gasteiger partial charge in [0.1, 0.15) is 0 Å². The Morgan fingerprint density at radius 3 is 2.91 bits per heavy atom. The van der Waals surface area contributed by atoms with Gasteiger partial charge in [0.2, 0.25) is 0 Å². The molecule has 1 aliphatic rings. The molecule has 2 nitrogen and oxygen atoms in total. The Morgan fingerprint density at radius 1 is 1.45 bits per heavy atom. The zero-order valence-corrected chi connectivity index (χ0v) is 8.07. The summed E-state index contributed by atoms with van der Waals surface area (Å²) >= 11 is 1.54. The van der Waals surface area contributed by atoms with Crippen LogP contribution in [0.15, 0.2) is 0 Å². The number of likely N-dealkylation sites (tertiary alicyclic amines) is 1. The molecule has 0 amide bonds. The first-order chi connectivity index (χ1) is 5.36. The second-order valence-corrected chi connectivity index (χ2v) is 4.06. The molecule has 0 bridgehead atoms. The lowest BCUT2D eigenvalue weighted by Gasteiger charge is -2.16. The lowest BCUT2D eigenvalue weighted by molar-refractivity contribution is 0.301. The van der Waals surface area contributed by atoms with E-state index >= 15 is 0 Å². The molecule has 1 rings (SSSR count). The summed E-state index contributed by atoms with van der Waals surface area (Å²) in [6.07, 6.45) is 3.90. The van der Waals surface area contributed by atoms with Gasteiger partial charge in [0.25, 0.3) is 0 Å². The molecule has 1 unspecified atom stereocenters. The van der Waals surface area contributed by atoms with Crippen LogP contribution in [-0.2, 0) is 0 Å². The van der Waals surface area contributed by atoms with E-state index in [2.05, 4.69) is 11.8 Å². The minimum Gasteiger partial charge on any atom is -0.304 e. The zero-order valence-electron chi connectivity index (χ0n) is 7.25. The fourth-order valence-electron chi connectivity index (χ4n) is 1.58. The maximum atomic E-state index is 5.56. The first-order valence-electron chi connectivity index (χ1n) is 4.44. The second-order valence-electron chi connectivity index (χ2n) is 3.12. The molecule has 11 heavy (non-hydrogen) atoms. The van der Waals surface area contributed by atoms with Gasteiger partial charge in [-0.2, -0.15) is 0 Å². The predicted molar refractivity (Wildman–Crippen MR) is 51.5 cm³/mol. The van der Waals surface area contributed by atoms with E-state index in [0.29, 0.717) is 5.25 Å². The number of nitrogens with zero attached hydrogens (tertiary/aromatic N) is 1. The van der Waals surface area contributed by atoms with Crippen LogP contribution in [0.1, 0.15) is 26.2 Å². The fraction of sp³-hybridized carbons (Fsp3) is 1.00. The molecule has 1 atom stereocenters. The topological polar surface area (TPSA) is 29.3 Å². The van der Waals surface area contributed by atoms with E-state index in [0.717, 1.165) is 0 Å². The van der Waals surface area contributed by atoms with E-state index in [1.165, 1.54) is 38.9 Å². The fourth-order valence-corrected chi connectivity index (χ4v) is 2.12. The van der Waals surface area contributed by atoms with Gasteiger partial charge in [-0.3, -0.25) is 5.14 Å². The molecular formula is C8H18N2S. The average molecular weight is 174 g/mol. The minimum atomic E-state index is 0.714. The zero-order chi connectivity index (χ0) is 8.10. The van der Waals surface area contributed by atoms with Gasteiger partial charge in [-0.1, -0.05) is 18.9 Å². The van der Waals surface area contributed by atoms with Gasteiger partial charge in [-0.15, -0.1) is 0 Å². The Kier molecular flexibility index (Phi) is 4.26. The van der Waals surface area contributed by atoms with Crippen molar-refractivity contribution < 1.29 is 0 Å². The molecule has 2 N–H and O–H groups in total. The van der Waals surface area contributed by atoms with Crippen molar-refractivity contribution in [2.75, 3.05) is 19.6 Å². The van der Waals surface area contributed by atoms with Crippen LogP contribution >= 0.6 is 11.9 Å². The van der Waals surface area contributed by atoms with Crippen molar-refractivity contribution in [2.24, 2.45) is 5.14 Å². The average Bonchev–Trinajstić information content (AvgIpc) is 2.28. The van der Waals surface area contributed by atoms with Crippen LogP contribution in [0.2, 0.25) is 0 Å². The number of rotatable bonds is 2. The molecule has 0 spiro atoms. The van der Waals surface area contributed by atoms with Crippen molar-refractivity contribution in [2.45, 2.75) is 31.4 Å². The first kappa shape index (κ1) is 9.36. The highest BCUT2D eigenvalue weighted by atomic mass is 32.2. The molecule has 1 saturated heterocycles. The van der Waals surface area contributed by atoms with Gasteiger partial charge in [0, 0.05) is 5.25 Å². The third-order valence-corrected chi connectivity index (χ3v) is 3.26. The summed E-state index contributed by atoms with van der Waals surface area (Å²) < 4.78 is 0. The Labute approximate surface area is 73.6 Å². The highest BCUT2D eigenvalue weighted by molar-refractivity contribution is 7.97. The maximum Gasteiger partial charge on any atom is 0.0203 e. The van der Waals surface area contributed by atoms with Crippen LogP contribution in [0, 0.1) is 0 Å². The van der Waals surface area contributed by atoms with Gasteiger partial charge in [-0.25, -0.2) is 0 Å². The van der Waals surface area contributed by atoms with E-state index < -0.39 is 0 Å². The van der Waals surface area contributed by atoms with Crippen molar-refractivity contribution in [3.8, 4) is 0 Å². The summed E-state index contributed by atoms with van der Waals surface area (Å²) in [6.45, 7) is 5.94. The van der Waals surface area contributed by atoms with Crippen molar-refractivity contribution in [3.05, 3.63) is 0 Å². The lowest BCUT2D eigenvalue weighted by atomic mass is 10.2. The maximum absolute atomic E-state index is 5.56. The summed E-state index contributed by atoms with van der Waals surface area (Å²) in [7, 11) is 0. The number of nitrogens with two attached hydrogens (primary N) is 1. The van der Waals surface area contributed by atoms with Gasteiger partial charge < -0.3 is 4.90 Å². The summed E-state index contributed by atoms with van der Waals surface area (Å²) in [6, 6.07) is 0. The smallest absolute Gasteiger partial charge is 0.0203 e. The molecule has 0 aromatic heterocycles. The molecule has 1 aliphatic heterocycles. The Hall–Kier alpha value is 0.270. The molecule has 1 heterocycles. The van der Waals surface area contributed by atoms with Crippen LogP contribution < -0.4 is 5.14 Å². The van der Waals surface area contributed by atoms with E-state index in [9.17, 15) is 0 Å². The molecule has 0 radical (unpaired) electrons. The van der Waals surface area contributed by atoms with Crippen molar-refractivity contribution in [1.29, 1.82) is 0 Å². The summed E-state index contributed by atoms with van der Waals surface area (Å²) in [5, 5.41) is 6.27. The SMILES string of the molecule is CCN1CCCC(SN)CC1. The highest BCUT2D eigenvalue weighted by Gasteiger charge is 2.14. The Morgan fingerprint density at radius 2 is 2.27 bits per heavy atom. The minimum absolute atomic E-state index is 0.714. The van der Waals surface area contributed by atoms with Crippen molar-refractivity contribution in [1.82, 2.24) is 4.90 Å². The lowest BCUT2D eigenvalue weighted by Crippen LogP contribution is -2.24. The molecule has 0 aliphatic carbocycles. The quantitative estimate of drug-likeness (QED) is 0.643. The van der Waals surface area contributed by atoms with Crippen molar-refractivity contribution >= 4 is 11.9 Å². The largest absolute Gasteiger partial charge is 0.304 e. The van der Waals surface area contributed by atoms with E-state index in [4.69, 9.17) is 5.14 Å². The standard InChI is InChI=1S/C8H18N2S/c1-2-10-6-3-4-8(11-9)5-7-10/h8H,2-7,9H2,1H3. The summed E-state index contributed by atoms with van der Waals surface area (Å²) in [5.74, 6) is 0.